The van der Waals surface area contributed by atoms with Crippen LogP contribution in [-0.4, -0.2) is 10.9 Å². The maximum absolute atomic E-state index is 12.5. The minimum atomic E-state index is -4.43. The molecule has 0 radical (unpaired) electrons. The summed E-state index contributed by atoms with van der Waals surface area (Å²) in [4.78, 5) is 16.2. The van der Waals surface area contributed by atoms with Gasteiger partial charge in [-0.3, -0.25) is 4.79 Å². The fraction of sp³-hybridized carbons (Fsp3) is 0.125. The monoisotopic (exact) mass is 320 g/mol. The molecule has 1 N–H and O–H groups in total. The molecule has 0 unspecified atom stereocenters. The van der Waals surface area contributed by atoms with Crippen LogP contribution in [0.15, 0.2) is 46.9 Å². The summed E-state index contributed by atoms with van der Waals surface area (Å²) in [5.41, 5.74) is 1.00. The van der Waals surface area contributed by atoms with Gasteiger partial charge in [0, 0.05) is 18.2 Å². The molecule has 23 heavy (non-hydrogen) atoms. The van der Waals surface area contributed by atoms with Crippen molar-refractivity contribution in [2.24, 2.45) is 0 Å². The van der Waals surface area contributed by atoms with E-state index in [9.17, 15) is 18.0 Å². The molecule has 0 fully saturated rings. The number of benzene rings is 2. The number of halogens is 3. The van der Waals surface area contributed by atoms with E-state index in [2.05, 4.69) is 10.3 Å². The van der Waals surface area contributed by atoms with E-state index >= 15 is 0 Å². The van der Waals surface area contributed by atoms with Gasteiger partial charge in [0.2, 0.25) is 0 Å². The minimum absolute atomic E-state index is 0.134. The zero-order chi connectivity index (χ0) is 16.6. The van der Waals surface area contributed by atoms with Crippen LogP contribution in [0.25, 0.3) is 11.1 Å². The molecular weight excluding hydrogens is 309 g/mol. The second-order valence-corrected chi connectivity index (χ2v) is 4.94. The van der Waals surface area contributed by atoms with Gasteiger partial charge in [-0.1, -0.05) is 0 Å². The van der Waals surface area contributed by atoms with Crippen LogP contribution in [0, 0.1) is 6.92 Å². The largest absolute Gasteiger partial charge is 0.441 e. The van der Waals surface area contributed by atoms with E-state index in [-0.39, 0.29) is 5.56 Å². The van der Waals surface area contributed by atoms with Crippen molar-refractivity contribution in [3.8, 4) is 0 Å². The van der Waals surface area contributed by atoms with Crippen molar-refractivity contribution in [1.29, 1.82) is 0 Å². The van der Waals surface area contributed by atoms with Gasteiger partial charge in [-0.2, -0.15) is 13.2 Å². The normalized spacial score (nSPS) is 11.7. The lowest BCUT2D eigenvalue weighted by molar-refractivity contribution is -0.137. The number of nitrogens with zero attached hydrogens (tertiary/aromatic N) is 1. The fourth-order valence-corrected chi connectivity index (χ4v) is 2.13. The van der Waals surface area contributed by atoms with Crippen molar-refractivity contribution < 1.29 is 22.4 Å². The third kappa shape index (κ3) is 3.18. The lowest BCUT2D eigenvalue weighted by atomic mass is 10.1. The Balaban J connectivity index is 1.79. The molecule has 0 saturated heterocycles. The Morgan fingerprint density at radius 2 is 1.83 bits per heavy atom. The third-order valence-corrected chi connectivity index (χ3v) is 3.23. The first-order valence-electron chi connectivity index (χ1n) is 6.69. The van der Waals surface area contributed by atoms with Crippen molar-refractivity contribution in [2.45, 2.75) is 13.1 Å². The van der Waals surface area contributed by atoms with Crippen LogP contribution in [-0.2, 0) is 6.18 Å². The summed E-state index contributed by atoms with van der Waals surface area (Å²) >= 11 is 0. The molecule has 0 aliphatic carbocycles. The zero-order valence-corrected chi connectivity index (χ0v) is 11.9. The average Bonchev–Trinajstić information content (AvgIpc) is 2.86. The van der Waals surface area contributed by atoms with E-state index in [1.807, 2.05) is 0 Å². The van der Waals surface area contributed by atoms with Crippen LogP contribution < -0.4 is 5.32 Å². The molecule has 7 heteroatoms. The molecule has 0 saturated carbocycles. The summed E-state index contributed by atoms with van der Waals surface area (Å²) < 4.78 is 42.8. The molecule has 118 valence electrons. The zero-order valence-electron chi connectivity index (χ0n) is 11.9. The van der Waals surface area contributed by atoms with E-state index in [0.29, 0.717) is 22.7 Å². The molecule has 1 aromatic heterocycles. The topological polar surface area (TPSA) is 55.1 Å². The van der Waals surface area contributed by atoms with Gasteiger partial charge < -0.3 is 9.73 Å². The highest BCUT2D eigenvalue weighted by Crippen LogP contribution is 2.29. The summed E-state index contributed by atoms with van der Waals surface area (Å²) in [5.74, 6) is 0.00417. The second kappa shape index (κ2) is 5.42. The Bertz CT molecular complexity index is 867. The van der Waals surface area contributed by atoms with Gasteiger partial charge in [-0.05, 0) is 42.5 Å². The van der Waals surface area contributed by atoms with E-state index in [1.165, 1.54) is 0 Å². The Kier molecular flexibility index (Phi) is 3.55. The number of anilines is 1. The maximum Gasteiger partial charge on any atom is 0.416 e. The van der Waals surface area contributed by atoms with Gasteiger partial charge in [0.25, 0.3) is 5.91 Å². The Morgan fingerprint density at radius 1 is 1.13 bits per heavy atom. The minimum Gasteiger partial charge on any atom is -0.441 e. The number of hydrogen-bond acceptors (Lipinski definition) is 3. The Labute approximate surface area is 128 Å². The number of fused-ring (bicyclic) bond motifs is 1. The van der Waals surface area contributed by atoms with E-state index in [4.69, 9.17) is 4.42 Å². The number of nitrogens with one attached hydrogen (secondary N) is 1. The molecule has 0 aliphatic rings. The number of oxazole rings is 1. The lowest BCUT2D eigenvalue weighted by Crippen LogP contribution is -2.12. The van der Waals surface area contributed by atoms with Gasteiger partial charge in [0.1, 0.15) is 5.52 Å². The van der Waals surface area contributed by atoms with Crippen LogP contribution in [0.4, 0.5) is 18.9 Å². The molecule has 0 aliphatic heterocycles. The Hall–Kier alpha value is -2.83. The SMILES string of the molecule is Cc1nc2cc(NC(=O)c3ccc(C(F)(F)F)cc3)ccc2o1. The summed E-state index contributed by atoms with van der Waals surface area (Å²) in [6.45, 7) is 1.71. The van der Waals surface area contributed by atoms with Gasteiger partial charge in [0.05, 0.1) is 5.56 Å². The third-order valence-electron chi connectivity index (χ3n) is 3.23. The summed E-state index contributed by atoms with van der Waals surface area (Å²) in [6, 6.07) is 8.95. The number of carbonyl (C=O) groups excluding carboxylic acids is 1. The van der Waals surface area contributed by atoms with Crippen molar-refractivity contribution >= 4 is 22.7 Å². The van der Waals surface area contributed by atoms with E-state index in [1.54, 1.807) is 25.1 Å². The van der Waals surface area contributed by atoms with Crippen molar-refractivity contribution in [1.82, 2.24) is 4.98 Å². The van der Waals surface area contributed by atoms with Gasteiger partial charge in [0.15, 0.2) is 11.5 Å². The highest BCUT2D eigenvalue weighted by molar-refractivity contribution is 6.04. The summed E-state index contributed by atoms with van der Waals surface area (Å²) in [6.07, 6.45) is -4.43. The number of aromatic nitrogens is 1. The maximum atomic E-state index is 12.5. The first-order chi connectivity index (χ1) is 10.8. The predicted molar refractivity (Wildman–Crippen MR) is 78.1 cm³/mol. The summed E-state index contributed by atoms with van der Waals surface area (Å²) in [5, 5.41) is 2.62. The molecule has 0 spiro atoms. The van der Waals surface area contributed by atoms with Crippen LogP contribution in [0.1, 0.15) is 21.8 Å². The van der Waals surface area contributed by atoms with Crippen LogP contribution >= 0.6 is 0 Å². The second-order valence-electron chi connectivity index (χ2n) is 4.94. The van der Waals surface area contributed by atoms with Crippen LogP contribution in [0.2, 0.25) is 0 Å². The van der Waals surface area contributed by atoms with Crippen LogP contribution in [0.3, 0.4) is 0 Å². The molecule has 1 heterocycles. The molecule has 3 rings (SSSR count). The number of amides is 1. The predicted octanol–water partition coefficient (Wildman–Crippen LogP) is 4.41. The van der Waals surface area contributed by atoms with Crippen molar-refractivity contribution in [3.05, 3.63) is 59.5 Å². The van der Waals surface area contributed by atoms with Gasteiger partial charge >= 0.3 is 6.18 Å². The number of carbonyl (C=O) groups is 1. The lowest BCUT2D eigenvalue weighted by Gasteiger charge is -2.08. The number of hydrogen-bond donors (Lipinski definition) is 1. The number of rotatable bonds is 2. The van der Waals surface area contributed by atoms with Gasteiger partial charge in [-0.15, -0.1) is 0 Å². The molecule has 0 atom stereocenters. The number of aryl methyl sites for hydroxylation is 1. The van der Waals surface area contributed by atoms with Crippen molar-refractivity contribution in [3.63, 3.8) is 0 Å². The molecule has 1 amide bonds. The average molecular weight is 320 g/mol. The Morgan fingerprint density at radius 3 is 2.48 bits per heavy atom. The molecular formula is C16H11F3N2O2. The quantitative estimate of drug-likeness (QED) is 0.761. The standard InChI is InChI=1S/C16H11F3N2O2/c1-9-20-13-8-12(6-7-14(13)23-9)21-15(22)10-2-4-11(5-3-10)16(17,18)19/h2-8H,1H3,(H,21,22). The highest BCUT2D eigenvalue weighted by atomic mass is 19.4. The van der Waals surface area contributed by atoms with E-state index in [0.717, 1.165) is 24.3 Å². The van der Waals surface area contributed by atoms with Gasteiger partial charge in [-0.25, -0.2) is 4.98 Å². The fourth-order valence-electron chi connectivity index (χ4n) is 2.13. The smallest absolute Gasteiger partial charge is 0.416 e. The number of alkyl halides is 3. The highest BCUT2D eigenvalue weighted by Gasteiger charge is 2.30. The summed E-state index contributed by atoms with van der Waals surface area (Å²) in [7, 11) is 0. The first-order valence-corrected chi connectivity index (χ1v) is 6.69. The molecule has 2 aromatic carbocycles. The van der Waals surface area contributed by atoms with Crippen molar-refractivity contribution in [2.75, 3.05) is 5.32 Å². The first kappa shape index (κ1) is 15.1. The molecule has 0 bridgehead atoms. The van der Waals surface area contributed by atoms with E-state index < -0.39 is 17.6 Å². The van der Waals surface area contributed by atoms with Crippen LogP contribution in [0.5, 0.6) is 0 Å². The molecule has 4 nitrogen and oxygen atoms in total. The molecule has 3 aromatic rings.